The van der Waals surface area contributed by atoms with Gasteiger partial charge in [0.2, 0.25) is 5.91 Å². The molecule has 1 heterocycles. The first-order valence-electron chi connectivity index (χ1n) is 7.56. The van der Waals surface area contributed by atoms with Gasteiger partial charge in [-0.1, -0.05) is 12.1 Å². The first kappa shape index (κ1) is 15.8. The number of rotatable bonds is 6. The quantitative estimate of drug-likeness (QED) is 0.826. The Labute approximate surface area is 125 Å². The zero-order valence-electron chi connectivity index (χ0n) is 12.5. The van der Waals surface area contributed by atoms with Crippen LogP contribution in [0.5, 0.6) is 5.75 Å². The third kappa shape index (κ3) is 5.36. The zero-order chi connectivity index (χ0) is 15.1. The number of carbonyl (C=O) groups excluding carboxylic acids is 1. The summed E-state index contributed by atoms with van der Waals surface area (Å²) in [7, 11) is 0. The number of aliphatic hydroxyl groups excluding tert-OH is 1. The Kier molecular flexibility index (Phi) is 6.02. The minimum absolute atomic E-state index is 0.0215. The van der Waals surface area contributed by atoms with Crippen LogP contribution in [0.15, 0.2) is 24.3 Å². The number of amides is 1. The number of likely N-dealkylation sites (tertiary alicyclic amines) is 1. The van der Waals surface area contributed by atoms with E-state index in [4.69, 9.17) is 4.74 Å². The molecule has 1 amide bonds. The number of hydrogen-bond donors (Lipinski definition) is 2. The standard InChI is InChI=1S/C16H24N2O3/c1-2-21-15-5-3-4-13(10-15)11-17-16(20)12-18-8-6-14(19)7-9-18/h3-5,10,14,19H,2,6-9,11-12H2,1H3,(H,17,20). The van der Waals surface area contributed by atoms with E-state index in [1.165, 1.54) is 0 Å². The average Bonchev–Trinajstić information content (AvgIpc) is 2.48. The molecule has 0 unspecified atom stereocenters. The largest absolute Gasteiger partial charge is 0.494 e. The predicted octanol–water partition coefficient (Wildman–Crippen LogP) is 1.16. The normalized spacial score (nSPS) is 16.7. The molecule has 1 aromatic carbocycles. The highest BCUT2D eigenvalue weighted by atomic mass is 16.5. The van der Waals surface area contributed by atoms with Gasteiger partial charge in [-0.3, -0.25) is 9.69 Å². The fourth-order valence-corrected chi connectivity index (χ4v) is 2.45. The molecule has 0 saturated carbocycles. The molecule has 2 N–H and O–H groups in total. The Morgan fingerprint density at radius 3 is 2.90 bits per heavy atom. The van der Waals surface area contributed by atoms with E-state index in [0.717, 1.165) is 37.2 Å². The second-order valence-corrected chi connectivity index (χ2v) is 5.36. The van der Waals surface area contributed by atoms with Crippen molar-refractivity contribution in [3.8, 4) is 5.75 Å². The van der Waals surface area contributed by atoms with Gasteiger partial charge in [-0.2, -0.15) is 0 Å². The Morgan fingerprint density at radius 1 is 1.43 bits per heavy atom. The molecule has 1 aliphatic heterocycles. The van der Waals surface area contributed by atoms with Gasteiger partial charge in [-0.25, -0.2) is 0 Å². The van der Waals surface area contributed by atoms with Crippen LogP contribution < -0.4 is 10.1 Å². The lowest BCUT2D eigenvalue weighted by molar-refractivity contribution is -0.122. The predicted molar refractivity (Wildman–Crippen MR) is 81.1 cm³/mol. The van der Waals surface area contributed by atoms with Crippen LogP contribution in [0.2, 0.25) is 0 Å². The molecule has 5 nitrogen and oxygen atoms in total. The van der Waals surface area contributed by atoms with Gasteiger partial charge >= 0.3 is 0 Å². The zero-order valence-corrected chi connectivity index (χ0v) is 12.5. The van der Waals surface area contributed by atoms with Gasteiger partial charge in [0.15, 0.2) is 0 Å². The summed E-state index contributed by atoms with van der Waals surface area (Å²) >= 11 is 0. The van der Waals surface area contributed by atoms with Crippen molar-refractivity contribution in [2.75, 3.05) is 26.2 Å². The summed E-state index contributed by atoms with van der Waals surface area (Å²) in [5.41, 5.74) is 1.03. The molecular weight excluding hydrogens is 268 g/mol. The van der Waals surface area contributed by atoms with Crippen molar-refractivity contribution in [2.45, 2.75) is 32.4 Å². The number of aliphatic hydroxyl groups is 1. The lowest BCUT2D eigenvalue weighted by Crippen LogP contribution is -2.42. The molecule has 0 bridgehead atoms. The molecule has 0 aliphatic carbocycles. The van der Waals surface area contributed by atoms with E-state index in [9.17, 15) is 9.90 Å². The highest BCUT2D eigenvalue weighted by Crippen LogP contribution is 2.13. The Hall–Kier alpha value is -1.59. The number of hydrogen-bond acceptors (Lipinski definition) is 4. The summed E-state index contributed by atoms with van der Waals surface area (Å²) < 4.78 is 5.44. The second-order valence-electron chi connectivity index (χ2n) is 5.36. The van der Waals surface area contributed by atoms with Crippen molar-refractivity contribution in [1.29, 1.82) is 0 Å². The number of carbonyl (C=O) groups is 1. The first-order valence-corrected chi connectivity index (χ1v) is 7.56. The highest BCUT2D eigenvalue weighted by molar-refractivity contribution is 5.78. The molecule has 21 heavy (non-hydrogen) atoms. The van der Waals surface area contributed by atoms with E-state index >= 15 is 0 Å². The lowest BCUT2D eigenvalue weighted by Gasteiger charge is -2.28. The minimum atomic E-state index is -0.203. The molecule has 2 rings (SSSR count). The summed E-state index contributed by atoms with van der Waals surface area (Å²) in [6.45, 7) is 5.07. The van der Waals surface area contributed by atoms with Crippen molar-refractivity contribution in [3.63, 3.8) is 0 Å². The molecule has 0 atom stereocenters. The molecule has 116 valence electrons. The lowest BCUT2D eigenvalue weighted by atomic mass is 10.1. The van der Waals surface area contributed by atoms with Crippen LogP contribution in [0.1, 0.15) is 25.3 Å². The minimum Gasteiger partial charge on any atom is -0.494 e. The highest BCUT2D eigenvalue weighted by Gasteiger charge is 2.18. The topological polar surface area (TPSA) is 61.8 Å². The molecule has 0 aromatic heterocycles. The third-order valence-electron chi connectivity index (χ3n) is 3.62. The van der Waals surface area contributed by atoms with Crippen molar-refractivity contribution in [3.05, 3.63) is 29.8 Å². The number of nitrogens with zero attached hydrogens (tertiary/aromatic N) is 1. The van der Waals surface area contributed by atoms with E-state index in [1.807, 2.05) is 31.2 Å². The summed E-state index contributed by atoms with van der Waals surface area (Å²) in [4.78, 5) is 14.0. The van der Waals surface area contributed by atoms with E-state index in [1.54, 1.807) is 0 Å². The number of piperidine rings is 1. The van der Waals surface area contributed by atoms with Crippen LogP contribution in [0.4, 0.5) is 0 Å². The molecule has 1 aliphatic rings. The Morgan fingerprint density at radius 2 is 2.19 bits per heavy atom. The monoisotopic (exact) mass is 292 g/mol. The number of benzene rings is 1. The molecule has 1 aromatic rings. The summed E-state index contributed by atoms with van der Waals surface area (Å²) in [5, 5.41) is 12.4. The number of ether oxygens (including phenoxy) is 1. The Balaban J connectivity index is 1.74. The van der Waals surface area contributed by atoms with Crippen LogP contribution in [0.25, 0.3) is 0 Å². The third-order valence-corrected chi connectivity index (χ3v) is 3.62. The summed E-state index contributed by atoms with van der Waals surface area (Å²) in [6.07, 6.45) is 1.30. The SMILES string of the molecule is CCOc1cccc(CNC(=O)CN2CCC(O)CC2)c1. The summed E-state index contributed by atoms with van der Waals surface area (Å²) in [6, 6.07) is 7.76. The summed E-state index contributed by atoms with van der Waals surface area (Å²) in [5.74, 6) is 0.850. The maximum absolute atomic E-state index is 11.9. The smallest absolute Gasteiger partial charge is 0.234 e. The van der Waals surface area contributed by atoms with Gasteiger partial charge in [-0.15, -0.1) is 0 Å². The van der Waals surface area contributed by atoms with E-state index in [-0.39, 0.29) is 12.0 Å². The van der Waals surface area contributed by atoms with Crippen LogP contribution >= 0.6 is 0 Å². The van der Waals surface area contributed by atoms with Gasteiger partial charge in [0.25, 0.3) is 0 Å². The van der Waals surface area contributed by atoms with E-state index < -0.39 is 0 Å². The second kappa shape index (κ2) is 8.00. The van der Waals surface area contributed by atoms with Crippen molar-refractivity contribution in [1.82, 2.24) is 10.2 Å². The maximum Gasteiger partial charge on any atom is 0.234 e. The van der Waals surface area contributed by atoms with Crippen LogP contribution in [0.3, 0.4) is 0 Å². The van der Waals surface area contributed by atoms with E-state index in [0.29, 0.717) is 19.7 Å². The van der Waals surface area contributed by atoms with Crippen LogP contribution in [-0.2, 0) is 11.3 Å². The van der Waals surface area contributed by atoms with Crippen molar-refractivity contribution >= 4 is 5.91 Å². The van der Waals surface area contributed by atoms with Gasteiger partial charge in [0.1, 0.15) is 5.75 Å². The van der Waals surface area contributed by atoms with E-state index in [2.05, 4.69) is 10.2 Å². The van der Waals surface area contributed by atoms with Crippen molar-refractivity contribution in [2.24, 2.45) is 0 Å². The number of nitrogens with one attached hydrogen (secondary N) is 1. The molecule has 0 spiro atoms. The fourth-order valence-electron chi connectivity index (χ4n) is 2.45. The molecule has 1 saturated heterocycles. The van der Waals surface area contributed by atoms with Gasteiger partial charge < -0.3 is 15.2 Å². The fraction of sp³-hybridized carbons (Fsp3) is 0.562. The van der Waals surface area contributed by atoms with Crippen LogP contribution in [0, 0.1) is 0 Å². The van der Waals surface area contributed by atoms with Crippen LogP contribution in [-0.4, -0.2) is 48.3 Å². The average molecular weight is 292 g/mol. The molecular formula is C16H24N2O3. The molecule has 5 heteroatoms. The Bertz CT molecular complexity index is 457. The first-order chi connectivity index (χ1) is 10.2. The van der Waals surface area contributed by atoms with Crippen molar-refractivity contribution < 1.29 is 14.6 Å². The molecule has 0 radical (unpaired) electrons. The maximum atomic E-state index is 11.9. The van der Waals surface area contributed by atoms with Gasteiger partial charge in [-0.05, 0) is 37.5 Å². The van der Waals surface area contributed by atoms with Gasteiger partial charge in [0.05, 0.1) is 19.3 Å². The molecule has 1 fully saturated rings. The van der Waals surface area contributed by atoms with Gasteiger partial charge in [0, 0.05) is 19.6 Å².